The van der Waals surface area contributed by atoms with Gasteiger partial charge in [-0.3, -0.25) is 0 Å². The molecular formula is C11H13O2. The van der Waals surface area contributed by atoms with Gasteiger partial charge in [-0.05, 0) is 25.1 Å². The molecule has 1 aromatic carbocycles. The Kier molecular flexibility index (Phi) is 3.38. The van der Waals surface area contributed by atoms with Crippen molar-refractivity contribution in [2.24, 2.45) is 0 Å². The quantitative estimate of drug-likeness (QED) is 0.706. The van der Waals surface area contributed by atoms with Gasteiger partial charge in [-0.15, -0.1) is 0 Å². The summed E-state index contributed by atoms with van der Waals surface area (Å²) < 4.78 is 10.3. The number of methoxy groups -OCH3 is 2. The minimum Gasteiger partial charge on any atom is -0.497 e. The van der Waals surface area contributed by atoms with Gasteiger partial charge in [0.2, 0.25) is 0 Å². The molecule has 0 spiro atoms. The molecule has 0 saturated carbocycles. The van der Waals surface area contributed by atoms with Crippen molar-refractivity contribution in [1.82, 2.24) is 0 Å². The fourth-order valence-electron chi connectivity index (χ4n) is 1.10. The first-order chi connectivity index (χ1) is 6.31. The molecule has 0 aliphatic rings. The summed E-state index contributed by atoms with van der Waals surface area (Å²) in [5.41, 5.74) is 0.969. The van der Waals surface area contributed by atoms with Crippen LogP contribution in [0.1, 0.15) is 5.56 Å². The van der Waals surface area contributed by atoms with Crippen LogP contribution in [0.3, 0.4) is 0 Å². The van der Waals surface area contributed by atoms with Crippen molar-refractivity contribution >= 4 is 6.08 Å². The van der Waals surface area contributed by atoms with Gasteiger partial charge < -0.3 is 9.47 Å². The lowest BCUT2D eigenvalue weighted by atomic mass is 10.2. The fraction of sp³-hybridized carbons (Fsp3) is 0.182. The zero-order valence-corrected chi connectivity index (χ0v) is 7.91. The number of hydrogen-bond acceptors (Lipinski definition) is 2. The maximum atomic E-state index is 5.16. The summed E-state index contributed by atoms with van der Waals surface area (Å²) >= 11 is 0. The number of benzene rings is 1. The van der Waals surface area contributed by atoms with Crippen LogP contribution in [-0.4, -0.2) is 14.2 Å². The summed E-state index contributed by atoms with van der Waals surface area (Å²) in [6.07, 6.45) is 3.60. The molecule has 0 unspecified atom stereocenters. The van der Waals surface area contributed by atoms with Crippen molar-refractivity contribution in [2.75, 3.05) is 14.2 Å². The van der Waals surface area contributed by atoms with Crippen molar-refractivity contribution in [3.63, 3.8) is 0 Å². The van der Waals surface area contributed by atoms with E-state index in [1.54, 1.807) is 20.3 Å². The predicted octanol–water partition coefficient (Wildman–Crippen LogP) is 2.55. The molecule has 0 heterocycles. The van der Waals surface area contributed by atoms with Crippen LogP contribution < -0.4 is 9.47 Å². The highest BCUT2D eigenvalue weighted by molar-refractivity contribution is 5.59. The van der Waals surface area contributed by atoms with Gasteiger partial charge in [0.25, 0.3) is 0 Å². The lowest BCUT2D eigenvalue weighted by Crippen LogP contribution is -1.88. The zero-order valence-electron chi connectivity index (χ0n) is 7.91. The minimum atomic E-state index is 0.814. The van der Waals surface area contributed by atoms with E-state index in [1.165, 1.54) is 0 Å². The van der Waals surface area contributed by atoms with E-state index >= 15 is 0 Å². The molecular weight excluding hydrogens is 164 g/mol. The molecule has 13 heavy (non-hydrogen) atoms. The molecule has 1 aromatic rings. The predicted molar refractivity (Wildman–Crippen MR) is 53.9 cm³/mol. The van der Waals surface area contributed by atoms with E-state index in [2.05, 4.69) is 6.92 Å². The average Bonchev–Trinajstić information content (AvgIpc) is 2.18. The number of ether oxygens (including phenoxy) is 2. The molecule has 69 valence electrons. The Hall–Kier alpha value is -1.44. The second kappa shape index (κ2) is 4.55. The van der Waals surface area contributed by atoms with Crippen LogP contribution in [0.4, 0.5) is 0 Å². The van der Waals surface area contributed by atoms with Crippen LogP contribution in [0.2, 0.25) is 0 Å². The summed E-state index contributed by atoms with van der Waals surface area (Å²) in [6.45, 7) is 3.63. The molecule has 1 rings (SSSR count). The van der Waals surface area contributed by atoms with Crippen molar-refractivity contribution in [3.8, 4) is 11.5 Å². The SMILES string of the molecule is [CH2]C=Cc1cc(OC)ccc1OC. The highest BCUT2D eigenvalue weighted by Gasteiger charge is 2.00. The molecule has 0 aromatic heterocycles. The first-order valence-corrected chi connectivity index (χ1v) is 3.99. The molecule has 0 saturated heterocycles. The fourth-order valence-corrected chi connectivity index (χ4v) is 1.10. The van der Waals surface area contributed by atoms with Gasteiger partial charge in [-0.2, -0.15) is 0 Å². The van der Waals surface area contributed by atoms with Crippen molar-refractivity contribution < 1.29 is 9.47 Å². The van der Waals surface area contributed by atoms with E-state index in [1.807, 2.05) is 24.3 Å². The minimum absolute atomic E-state index is 0.814. The third-order valence-corrected chi connectivity index (χ3v) is 1.73. The summed E-state index contributed by atoms with van der Waals surface area (Å²) in [4.78, 5) is 0. The number of rotatable bonds is 3. The summed E-state index contributed by atoms with van der Waals surface area (Å²) in [6, 6.07) is 5.63. The summed E-state index contributed by atoms with van der Waals surface area (Å²) in [5, 5.41) is 0. The van der Waals surface area contributed by atoms with Gasteiger partial charge in [0.05, 0.1) is 14.2 Å². The zero-order chi connectivity index (χ0) is 9.68. The smallest absolute Gasteiger partial charge is 0.126 e. The average molecular weight is 177 g/mol. The third-order valence-electron chi connectivity index (χ3n) is 1.73. The highest BCUT2D eigenvalue weighted by atomic mass is 16.5. The van der Waals surface area contributed by atoms with E-state index in [0.29, 0.717) is 0 Å². The van der Waals surface area contributed by atoms with Gasteiger partial charge in [-0.25, -0.2) is 0 Å². The van der Waals surface area contributed by atoms with E-state index in [4.69, 9.17) is 9.47 Å². The lowest BCUT2D eigenvalue weighted by molar-refractivity contribution is 0.402. The maximum Gasteiger partial charge on any atom is 0.126 e. The van der Waals surface area contributed by atoms with Crippen LogP contribution in [0, 0.1) is 6.92 Å². The van der Waals surface area contributed by atoms with Gasteiger partial charge in [0, 0.05) is 5.56 Å². The van der Waals surface area contributed by atoms with Gasteiger partial charge in [0.15, 0.2) is 0 Å². The number of hydrogen-bond donors (Lipinski definition) is 0. The molecule has 0 aliphatic heterocycles. The summed E-state index contributed by atoms with van der Waals surface area (Å²) in [7, 11) is 3.28. The lowest BCUT2D eigenvalue weighted by Gasteiger charge is -2.06. The van der Waals surface area contributed by atoms with Crippen LogP contribution in [0.15, 0.2) is 24.3 Å². The molecule has 2 heteroatoms. The first kappa shape index (κ1) is 9.65. The Balaban J connectivity index is 3.09. The molecule has 0 fully saturated rings. The molecule has 1 radical (unpaired) electrons. The molecule has 0 atom stereocenters. The van der Waals surface area contributed by atoms with Crippen molar-refractivity contribution in [2.45, 2.75) is 0 Å². The largest absolute Gasteiger partial charge is 0.497 e. The van der Waals surface area contributed by atoms with E-state index in [0.717, 1.165) is 17.1 Å². The van der Waals surface area contributed by atoms with Gasteiger partial charge >= 0.3 is 0 Å². The van der Waals surface area contributed by atoms with E-state index in [-0.39, 0.29) is 0 Å². The van der Waals surface area contributed by atoms with E-state index in [9.17, 15) is 0 Å². The maximum absolute atomic E-state index is 5.16. The first-order valence-electron chi connectivity index (χ1n) is 3.99. The van der Waals surface area contributed by atoms with E-state index < -0.39 is 0 Å². The van der Waals surface area contributed by atoms with Crippen molar-refractivity contribution in [3.05, 3.63) is 36.8 Å². The Morgan fingerprint density at radius 2 is 2.00 bits per heavy atom. The topological polar surface area (TPSA) is 18.5 Å². The van der Waals surface area contributed by atoms with Crippen LogP contribution in [0.5, 0.6) is 11.5 Å². The third kappa shape index (κ3) is 2.25. The monoisotopic (exact) mass is 177 g/mol. The molecule has 2 nitrogen and oxygen atoms in total. The normalized spacial score (nSPS) is 10.4. The Labute approximate surface area is 78.8 Å². The van der Waals surface area contributed by atoms with Crippen LogP contribution in [0.25, 0.3) is 6.08 Å². The molecule has 0 N–H and O–H groups in total. The Bertz CT molecular complexity index is 303. The molecule has 0 amide bonds. The van der Waals surface area contributed by atoms with Gasteiger partial charge in [0.1, 0.15) is 11.5 Å². The summed E-state index contributed by atoms with van der Waals surface area (Å²) in [5.74, 6) is 1.63. The van der Waals surface area contributed by atoms with Crippen LogP contribution >= 0.6 is 0 Å². The van der Waals surface area contributed by atoms with Crippen LogP contribution in [-0.2, 0) is 0 Å². The van der Waals surface area contributed by atoms with Crippen molar-refractivity contribution in [1.29, 1.82) is 0 Å². The molecule has 0 bridgehead atoms. The van der Waals surface area contributed by atoms with Gasteiger partial charge in [-0.1, -0.05) is 12.2 Å². The second-order valence-electron chi connectivity index (χ2n) is 2.51. The standard InChI is InChI=1S/C11H13O2/c1-4-5-9-8-10(12-2)6-7-11(9)13-3/h4-8H,1H2,2-3H3. The second-order valence-corrected chi connectivity index (χ2v) is 2.51. The Morgan fingerprint density at radius 3 is 2.54 bits per heavy atom. The number of allylic oxidation sites excluding steroid dienone is 1. The highest BCUT2D eigenvalue weighted by Crippen LogP contribution is 2.24. The Morgan fingerprint density at radius 1 is 1.23 bits per heavy atom. The molecule has 0 aliphatic carbocycles.